The molecule has 4 heteroatoms. The van der Waals surface area contributed by atoms with Gasteiger partial charge in [0.05, 0.1) is 25.7 Å². The van der Waals surface area contributed by atoms with Gasteiger partial charge in [-0.25, -0.2) is 4.98 Å². The highest BCUT2D eigenvalue weighted by Crippen LogP contribution is 2.19. The predicted octanol–water partition coefficient (Wildman–Crippen LogP) is 2.44. The van der Waals surface area contributed by atoms with Crippen molar-refractivity contribution in [1.29, 1.82) is 0 Å². The Labute approximate surface area is 114 Å². The van der Waals surface area contributed by atoms with Crippen LogP contribution in [-0.4, -0.2) is 23.2 Å². The number of aromatic nitrogens is 2. The Balaban J connectivity index is 2.08. The van der Waals surface area contributed by atoms with Crippen molar-refractivity contribution >= 4 is 0 Å². The molecule has 0 bridgehead atoms. The van der Waals surface area contributed by atoms with Crippen molar-refractivity contribution in [2.24, 2.45) is 0 Å². The first-order valence-electron chi connectivity index (χ1n) is 6.66. The van der Waals surface area contributed by atoms with E-state index in [2.05, 4.69) is 27.9 Å². The van der Waals surface area contributed by atoms with E-state index in [9.17, 15) is 0 Å². The van der Waals surface area contributed by atoms with E-state index in [-0.39, 0.29) is 0 Å². The molecule has 1 aromatic heterocycles. The average Bonchev–Trinajstić information content (AvgIpc) is 2.87. The molecule has 0 spiro atoms. The fourth-order valence-electron chi connectivity index (χ4n) is 2.05. The minimum Gasteiger partial charge on any atom is -0.496 e. The van der Waals surface area contributed by atoms with Crippen LogP contribution in [0, 0.1) is 0 Å². The van der Waals surface area contributed by atoms with Gasteiger partial charge in [0.1, 0.15) is 5.75 Å². The zero-order chi connectivity index (χ0) is 13.5. The summed E-state index contributed by atoms with van der Waals surface area (Å²) in [5.41, 5.74) is 2.36. The lowest BCUT2D eigenvalue weighted by atomic mass is 10.2. The van der Waals surface area contributed by atoms with Crippen molar-refractivity contribution in [1.82, 2.24) is 14.9 Å². The van der Waals surface area contributed by atoms with Gasteiger partial charge in [0.25, 0.3) is 0 Å². The molecule has 4 nitrogen and oxygen atoms in total. The SMILES string of the molecule is CCCNCc1cncn1Cc1ccccc1OC. The molecule has 1 aromatic carbocycles. The molecule has 1 heterocycles. The molecule has 0 saturated carbocycles. The molecule has 0 amide bonds. The van der Waals surface area contributed by atoms with Gasteiger partial charge in [0.15, 0.2) is 0 Å². The molecule has 102 valence electrons. The molecule has 0 unspecified atom stereocenters. The Kier molecular flexibility index (Phi) is 4.98. The van der Waals surface area contributed by atoms with E-state index in [1.807, 2.05) is 30.7 Å². The largest absolute Gasteiger partial charge is 0.496 e. The van der Waals surface area contributed by atoms with Gasteiger partial charge in [0.2, 0.25) is 0 Å². The fourth-order valence-corrected chi connectivity index (χ4v) is 2.05. The number of rotatable bonds is 7. The first-order valence-corrected chi connectivity index (χ1v) is 6.66. The van der Waals surface area contributed by atoms with Gasteiger partial charge in [-0.1, -0.05) is 25.1 Å². The Bertz CT molecular complexity index is 508. The van der Waals surface area contributed by atoms with E-state index in [0.717, 1.165) is 31.8 Å². The van der Waals surface area contributed by atoms with Crippen LogP contribution in [0.25, 0.3) is 0 Å². The Hall–Kier alpha value is -1.81. The second kappa shape index (κ2) is 6.95. The highest BCUT2D eigenvalue weighted by molar-refractivity contribution is 5.33. The standard InChI is InChI=1S/C15H21N3O/c1-3-8-16-9-14-10-17-12-18(14)11-13-6-4-5-7-15(13)19-2/h4-7,10,12,16H,3,8-9,11H2,1-2H3. The second-order valence-corrected chi connectivity index (χ2v) is 4.50. The maximum Gasteiger partial charge on any atom is 0.123 e. The maximum atomic E-state index is 5.38. The van der Waals surface area contributed by atoms with Crippen LogP contribution in [0.3, 0.4) is 0 Å². The lowest BCUT2D eigenvalue weighted by Crippen LogP contribution is -2.17. The van der Waals surface area contributed by atoms with Crippen LogP contribution < -0.4 is 10.1 Å². The van der Waals surface area contributed by atoms with E-state index >= 15 is 0 Å². The predicted molar refractivity (Wildman–Crippen MR) is 76.3 cm³/mol. The van der Waals surface area contributed by atoms with Crippen molar-refractivity contribution in [3.8, 4) is 5.75 Å². The molecule has 2 aromatic rings. The summed E-state index contributed by atoms with van der Waals surface area (Å²) in [6.07, 6.45) is 4.92. The Morgan fingerprint density at radius 2 is 2.16 bits per heavy atom. The van der Waals surface area contributed by atoms with Gasteiger partial charge in [0, 0.05) is 18.3 Å². The molecule has 19 heavy (non-hydrogen) atoms. The van der Waals surface area contributed by atoms with Gasteiger partial charge >= 0.3 is 0 Å². The number of hydrogen-bond acceptors (Lipinski definition) is 3. The minimum absolute atomic E-state index is 0.785. The molecule has 2 rings (SSSR count). The van der Waals surface area contributed by atoms with Crippen molar-refractivity contribution in [2.75, 3.05) is 13.7 Å². The number of hydrogen-bond donors (Lipinski definition) is 1. The topological polar surface area (TPSA) is 39.1 Å². The van der Waals surface area contributed by atoms with Gasteiger partial charge in [-0.05, 0) is 19.0 Å². The van der Waals surface area contributed by atoms with Crippen molar-refractivity contribution in [3.63, 3.8) is 0 Å². The highest BCUT2D eigenvalue weighted by atomic mass is 16.5. The lowest BCUT2D eigenvalue weighted by Gasteiger charge is -2.12. The summed E-state index contributed by atoms with van der Waals surface area (Å²) in [5.74, 6) is 0.920. The summed E-state index contributed by atoms with van der Waals surface area (Å²) in [6.45, 7) is 4.83. The van der Waals surface area contributed by atoms with Crippen LogP contribution in [0.1, 0.15) is 24.6 Å². The van der Waals surface area contributed by atoms with Crippen LogP contribution >= 0.6 is 0 Å². The van der Waals surface area contributed by atoms with Crippen LogP contribution in [0.5, 0.6) is 5.75 Å². The van der Waals surface area contributed by atoms with E-state index in [1.54, 1.807) is 7.11 Å². The summed E-state index contributed by atoms with van der Waals surface area (Å²) in [7, 11) is 1.70. The quantitative estimate of drug-likeness (QED) is 0.776. The molecule has 0 aliphatic heterocycles. The molecule has 0 radical (unpaired) electrons. The third-order valence-corrected chi connectivity index (χ3v) is 3.06. The van der Waals surface area contributed by atoms with E-state index < -0.39 is 0 Å². The first kappa shape index (κ1) is 13.6. The molecular weight excluding hydrogens is 238 g/mol. The zero-order valence-electron chi connectivity index (χ0n) is 11.6. The zero-order valence-corrected chi connectivity index (χ0v) is 11.6. The summed E-state index contributed by atoms with van der Waals surface area (Å²) in [4.78, 5) is 4.23. The number of para-hydroxylation sites is 1. The highest BCUT2D eigenvalue weighted by Gasteiger charge is 2.06. The van der Waals surface area contributed by atoms with E-state index in [0.29, 0.717) is 0 Å². The summed E-state index contributed by atoms with van der Waals surface area (Å²) >= 11 is 0. The van der Waals surface area contributed by atoms with Crippen LogP contribution in [0.15, 0.2) is 36.8 Å². The van der Waals surface area contributed by atoms with Gasteiger partial charge in [-0.2, -0.15) is 0 Å². The molecule has 0 fully saturated rings. The van der Waals surface area contributed by atoms with Crippen LogP contribution in [0.4, 0.5) is 0 Å². The van der Waals surface area contributed by atoms with E-state index in [1.165, 1.54) is 11.3 Å². The normalized spacial score (nSPS) is 10.6. The Morgan fingerprint density at radius 3 is 2.95 bits per heavy atom. The molecule has 0 aliphatic rings. The number of nitrogens with one attached hydrogen (secondary N) is 1. The summed E-state index contributed by atoms with van der Waals surface area (Å²) in [6, 6.07) is 8.09. The van der Waals surface area contributed by atoms with Crippen LogP contribution in [0.2, 0.25) is 0 Å². The number of imidazole rings is 1. The third kappa shape index (κ3) is 3.58. The number of benzene rings is 1. The molecule has 0 aliphatic carbocycles. The molecular formula is C15H21N3O. The van der Waals surface area contributed by atoms with Crippen molar-refractivity contribution in [3.05, 3.63) is 48.0 Å². The van der Waals surface area contributed by atoms with Gasteiger partial charge < -0.3 is 14.6 Å². The molecule has 0 atom stereocenters. The number of methoxy groups -OCH3 is 1. The van der Waals surface area contributed by atoms with Crippen molar-refractivity contribution in [2.45, 2.75) is 26.4 Å². The average molecular weight is 259 g/mol. The minimum atomic E-state index is 0.785. The smallest absolute Gasteiger partial charge is 0.123 e. The number of ether oxygens (including phenoxy) is 1. The lowest BCUT2D eigenvalue weighted by molar-refractivity contribution is 0.408. The number of nitrogens with zero attached hydrogens (tertiary/aromatic N) is 2. The second-order valence-electron chi connectivity index (χ2n) is 4.50. The van der Waals surface area contributed by atoms with Gasteiger partial charge in [-0.3, -0.25) is 0 Å². The van der Waals surface area contributed by atoms with E-state index in [4.69, 9.17) is 4.74 Å². The summed E-state index contributed by atoms with van der Waals surface area (Å²) in [5, 5.41) is 3.40. The Morgan fingerprint density at radius 1 is 1.32 bits per heavy atom. The first-order chi connectivity index (χ1) is 9.35. The fraction of sp³-hybridized carbons (Fsp3) is 0.400. The third-order valence-electron chi connectivity index (χ3n) is 3.06. The maximum absolute atomic E-state index is 5.38. The van der Waals surface area contributed by atoms with Gasteiger partial charge in [-0.15, -0.1) is 0 Å². The summed E-state index contributed by atoms with van der Waals surface area (Å²) < 4.78 is 7.54. The monoisotopic (exact) mass is 259 g/mol. The molecule has 1 N–H and O–H groups in total. The van der Waals surface area contributed by atoms with Crippen molar-refractivity contribution < 1.29 is 4.74 Å². The molecule has 0 saturated heterocycles. The van der Waals surface area contributed by atoms with Crippen LogP contribution in [-0.2, 0) is 13.1 Å².